The molecule has 1 aliphatic carbocycles. The highest BCUT2D eigenvalue weighted by atomic mass is 19.1. The highest BCUT2D eigenvalue weighted by molar-refractivity contribution is 5.27. The van der Waals surface area contributed by atoms with Gasteiger partial charge in [-0.15, -0.1) is 0 Å². The van der Waals surface area contributed by atoms with E-state index in [2.05, 4.69) is 0 Å². The highest BCUT2D eigenvalue weighted by Gasteiger charge is 2.37. The molecule has 2 N–H and O–H groups in total. The molecule has 0 saturated heterocycles. The van der Waals surface area contributed by atoms with Crippen LogP contribution in [0.5, 0.6) is 0 Å². The molecule has 88 valence electrons. The van der Waals surface area contributed by atoms with Gasteiger partial charge in [-0.05, 0) is 48.8 Å². The normalized spacial score (nSPS) is 17.8. The van der Waals surface area contributed by atoms with Gasteiger partial charge in [-0.25, -0.2) is 4.39 Å². The SMILES string of the molecule is CC(C)c1ccc(CCC2(N)CC2)cc1F. The lowest BCUT2D eigenvalue weighted by Gasteiger charge is -2.11. The topological polar surface area (TPSA) is 26.0 Å². The smallest absolute Gasteiger partial charge is 0.126 e. The van der Waals surface area contributed by atoms with Crippen molar-refractivity contribution >= 4 is 0 Å². The van der Waals surface area contributed by atoms with Crippen molar-refractivity contribution in [2.24, 2.45) is 5.73 Å². The van der Waals surface area contributed by atoms with Crippen LogP contribution in [0, 0.1) is 5.82 Å². The first-order chi connectivity index (χ1) is 7.50. The Morgan fingerprint density at radius 3 is 2.56 bits per heavy atom. The Bertz CT molecular complexity index is 380. The maximum Gasteiger partial charge on any atom is 0.126 e. The minimum atomic E-state index is -0.0747. The fraction of sp³-hybridized carbons (Fsp3) is 0.571. The van der Waals surface area contributed by atoms with E-state index in [0.29, 0.717) is 0 Å². The van der Waals surface area contributed by atoms with Crippen molar-refractivity contribution in [3.63, 3.8) is 0 Å². The quantitative estimate of drug-likeness (QED) is 0.828. The second-order valence-corrected chi connectivity index (χ2v) is 5.37. The fourth-order valence-corrected chi connectivity index (χ4v) is 2.00. The van der Waals surface area contributed by atoms with Gasteiger partial charge in [-0.3, -0.25) is 0 Å². The van der Waals surface area contributed by atoms with E-state index in [1.807, 2.05) is 26.0 Å². The summed E-state index contributed by atoms with van der Waals surface area (Å²) in [6, 6.07) is 5.61. The highest BCUT2D eigenvalue weighted by Crippen LogP contribution is 2.36. The molecule has 0 aromatic heterocycles. The Kier molecular flexibility index (Phi) is 3.02. The van der Waals surface area contributed by atoms with Gasteiger partial charge in [0.25, 0.3) is 0 Å². The van der Waals surface area contributed by atoms with Crippen LogP contribution in [0.4, 0.5) is 4.39 Å². The molecule has 0 amide bonds. The summed E-state index contributed by atoms with van der Waals surface area (Å²) in [7, 11) is 0. The zero-order chi connectivity index (χ0) is 11.8. The molecule has 0 radical (unpaired) electrons. The van der Waals surface area contributed by atoms with E-state index in [9.17, 15) is 4.39 Å². The number of benzene rings is 1. The molecule has 0 bridgehead atoms. The lowest BCUT2D eigenvalue weighted by Crippen LogP contribution is -2.22. The van der Waals surface area contributed by atoms with E-state index in [4.69, 9.17) is 5.73 Å². The van der Waals surface area contributed by atoms with Gasteiger partial charge >= 0.3 is 0 Å². The maximum absolute atomic E-state index is 13.7. The number of halogens is 1. The van der Waals surface area contributed by atoms with Crippen LogP contribution in [-0.4, -0.2) is 5.54 Å². The fourth-order valence-electron chi connectivity index (χ4n) is 2.00. The molecule has 0 heterocycles. The molecule has 1 aromatic carbocycles. The summed E-state index contributed by atoms with van der Waals surface area (Å²) in [5.74, 6) is 0.174. The average molecular weight is 221 g/mol. The molecule has 1 aliphatic rings. The van der Waals surface area contributed by atoms with Crippen LogP contribution in [0.1, 0.15) is 50.2 Å². The summed E-state index contributed by atoms with van der Waals surface area (Å²) in [4.78, 5) is 0. The van der Waals surface area contributed by atoms with Crippen molar-refractivity contribution in [3.8, 4) is 0 Å². The molecule has 2 heteroatoms. The summed E-state index contributed by atoms with van der Waals surface area (Å²) >= 11 is 0. The predicted molar refractivity (Wildman–Crippen MR) is 65.0 cm³/mol. The Morgan fingerprint density at radius 1 is 1.38 bits per heavy atom. The predicted octanol–water partition coefficient (Wildman–Crippen LogP) is 3.37. The number of hydrogen-bond acceptors (Lipinski definition) is 1. The van der Waals surface area contributed by atoms with Gasteiger partial charge in [0.2, 0.25) is 0 Å². The molecular weight excluding hydrogens is 201 g/mol. The summed E-state index contributed by atoms with van der Waals surface area (Å²) in [5.41, 5.74) is 7.95. The first kappa shape index (κ1) is 11.6. The Labute approximate surface area is 96.9 Å². The van der Waals surface area contributed by atoms with E-state index >= 15 is 0 Å². The number of nitrogens with two attached hydrogens (primary N) is 1. The molecule has 16 heavy (non-hydrogen) atoms. The van der Waals surface area contributed by atoms with Crippen molar-refractivity contribution in [3.05, 3.63) is 35.1 Å². The number of rotatable bonds is 4. The first-order valence-corrected chi connectivity index (χ1v) is 6.07. The van der Waals surface area contributed by atoms with E-state index in [1.165, 1.54) is 0 Å². The monoisotopic (exact) mass is 221 g/mol. The van der Waals surface area contributed by atoms with Crippen LogP contribution in [0.15, 0.2) is 18.2 Å². The van der Waals surface area contributed by atoms with E-state index < -0.39 is 0 Å². The second kappa shape index (κ2) is 4.17. The molecule has 0 unspecified atom stereocenters. The van der Waals surface area contributed by atoms with Crippen LogP contribution < -0.4 is 5.73 Å². The Morgan fingerprint density at radius 2 is 2.06 bits per heavy atom. The third-order valence-corrected chi connectivity index (χ3v) is 3.49. The number of hydrogen-bond donors (Lipinski definition) is 1. The van der Waals surface area contributed by atoms with Crippen LogP contribution in [0.2, 0.25) is 0 Å². The van der Waals surface area contributed by atoms with Crippen molar-refractivity contribution in [2.75, 3.05) is 0 Å². The van der Waals surface area contributed by atoms with Crippen molar-refractivity contribution < 1.29 is 4.39 Å². The standard InChI is InChI=1S/C14H20FN/c1-10(2)12-4-3-11(9-13(12)15)5-6-14(16)7-8-14/h3-4,9-10H,5-8,16H2,1-2H3. The van der Waals surface area contributed by atoms with Gasteiger partial charge < -0.3 is 5.73 Å². The van der Waals surface area contributed by atoms with E-state index in [0.717, 1.165) is 36.8 Å². The lowest BCUT2D eigenvalue weighted by atomic mass is 9.98. The van der Waals surface area contributed by atoms with Crippen LogP contribution in [0.25, 0.3) is 0 Å². The second-order valence-electron chi connectivity index (χ2n) is 5.37. The zero-order valence-corrected chi connectivity index (χ0v) is 10.1. The molecule has 0 atom stereocenters. The minimum absolute atomic E-state index is 0.0627. The molecular formula is C14H20FN. The van der Waals surface area contributed by atoms with Gasteiger partial charge in [0.05, 0.1) is 0 Å². The summed E-state index contributed by atoms with van der Waals surface area (Å²) in [6.07, 6.45) is 4.12. The summed E-state index contributed by atoms with van der Waals surface area (Å²) in [6.45, 7) is 4.02. The maximum atomic E-state index is 13.7. The van der Waals surface area contributed by atoms with Gasteiger partial charge in [0.1, 0.15) is 5.82 Å². The third kappa shape index (κ3) is 2.62. The van der Waals surface area contributed by atoms with Gasteiger partial charge in [-0.2, -0.15) is 0 Å². The molecule has 1 saturated carbocycles. The Hall–Kier alpha value is -0.890. The number of aryl methyl sites for hydroxylation is 1. The Balaban J connectivity index is 2.03. The van der Waals surface area contributed by atoms with Crippen molar-refractivity contribution in [1.29, 1.82) is 0 Å². The van der Waals surface area contributed by atoms with E-state index in [-0.39, 0.29) is 17.3 Å². The molecule has 1 aromatic rings. The molecule has 1 fully saturated rings. The summed E-state index contributed by atoms with van der Waals surface area (Å²) in [5, 5.41) is 0. The molecule has 2 rings (SSSR count). The third-order valence-electron chi connectivity index (χ3n) is 3.49. The van der Waals surface area contributed by atoms with Crippen LogP contribution >= 0.6 is 0 Å². The first-order valence-electron chi connectivity index (χ1n) is 6.07. The summed E-state index contributed by atoms with van der Waals surface area (Å²) < 4.78 is 13.7. The van der Waals surface area contributed by atoms with Gasteiger partial charge in [0.15, 0.2) is 0 Å². The molecule has 0 aliphatic heterocycles. The zero-order valence-electron chi connectivity index (χ0n) is 10.1. The van der Waals surface area contributed by atoms with Gasteiger partial charge in [-0.1, -0.05) is 26.0 Å². The van der Waals surface area contributed by atoms with Crippen molar-refractivity contribution in [2.45, 2.75) is 51.0 Å². The van der Waals surface area contributed by atoms with Gasteiger partial charge in [0, 0.05) is 5.54 Å². The lowest BCUT2D eigenvalue weighted by molar-refractivity contribution is 0.585. The average Bonchev–Trinajstić information content (AvgIpc) is 2.94. The van der Waals surface area contributed by atoms with E-state index in [1.54, 1.807) is 6.07 Å². The van der Waals surface area contributed by atoms with Crippen LogP contribution in [-0.2, 0) is 6.42 Å². The van der Waals surface area contributed by atoms with Crippen molar-refractivity contribution in [1.82, 2.24) is 0 Å². The largest absolute Gasteiger partial charge is 0.325 e. The molecule has 1 nitrogen and oxygen atoms in total. The molecule has 0 spiro atoms. The van der Waals surface area contributed by atoms with Crippen LogP contribution in [0.3, 0.4) is 0 Å². The minimum Gasteiger partial charge on any atom is -0.325 e.